The zero-order valence-electron chi connectivity index (χ0n) is 54.6. The van der Waals surface area contributed by atoms with Gasteiger partial charge in [-0.1, -0.05) is 339 Å². The van der Waals surface area contributed by atoms with Gasteiger partial charge in [-0.15, -0.1) is 0 Å². The van der Waals surface area contributed by atoms with Gasteiger partial charge in [0.1, 0.15) is 13.2 Å². The van der Waals surface area contributed by atoms with Crippen LogP contribution in [0.25, 0.3) is 0 Å². The van der Waals surface area contributed by atoms with Crippen molar-refractivity contribution in [1.82, 2.24) is 0 Å². The summed E-state index contributed by atoms with van der Waals surface area (Å²) >= 11 is 0. The van der Waals surface area contributed by atoms with Gasteiger partial charge in [0, 0.05) is 19.3 Å². The van der Waals surface area contributed by atoms with Gasteiger partial charge in [-0.05, 0) is 83.5 Å². The second kappa shape index (κ2) is 69.9. The number of rotatable bonds is 67. The fourth-order valence-electron chi connectivity index (χ4n) is 10.9. The van der Waals surface area contributed by atoms with Crippen molar-refractivity contribution in [3.05, 3.63) is 48.6 Å². The van der Waals surface area contributed by atoms with Gasteiger partial charge >= 0.3 is 17.9 Å². The Hall–Kier alpha value is -2.63. The van der Waals surface area contributed by atoms with Gasteiger partial charge in [-0.2, -0.15) is 0 Å². The first-order valence-corrected chi connectivity index (χ1v) is 36.1. The maximum atomic E-state index is 12.9. The van der Waals surface area contributed by atoms with E-state index in [2.05, 4.69) is 69.4 Å². The highest BCUT2D eigenvalue weighted by molar-refractivity contribution is 5.71. The molecule has 6 nitrogen and oxygen atoms in total. The lowest BCUT2D eigenvalue weighted by atomic mass is 10.0. The van der Waals surface area contributed by atoms with Crippen molar-refractivity contribution in [3.63, 3.8) is 0 Å². The zero-order valence-corrected chi connectivity index (χ0v) is 54.6. The molecule has 6 heteroatoms. The quantitative estimate of drug-likeness (QED) is 0.0261. The molecule has 0 amide bonds. The molecule has 1 atom stereocenters. The fraction of sp³-hybridized carbons (Fsp3) is 0.853. The van der Waals surface area contributed by atoms with E-state index >= 15 is 0 Å². The molecule has 0 aromatic heterocycles. The number of carbonyl (C=O) groups is 3. The topological polar surface area (TPSA) is 78.9 Å². The van der Waals surface area contributed by atoms with E-state index < -0.39 is 6.10 Å². The molecule has 0 bridgehead atoms. The molecule has 0 aliphatic rings. The predicted molar refractivity (Wildman–Crippen MR) is 353 cm³/mol. The first-order valence-electron chi connectivity index (χ1n) is 36.1. The molecule has 0 fully saturated rings. The third-order valence-electron chi connectivity index (χ3n) is 16.3. The first-order chi connectivity index (χ1) is 40.0. The van der Waals surface area contributed by atoms with Crippen molar-refractivity contribution < 1.29 is 28.6 Å². The molecule has 1 unspecified atom stereocenters. The summed E-state index contributed by atoms with van der Waals surface area (Å²) in [6, 6.07) is 0. The van der Waals surface area contributed by atoms with Gasteiger partial charge in [0.2, 0.25) is 0 Å². The van der Waals surface area contributed by atoms with E-state index in [9.17, 15) is 14.4 Å². The molecule has 0 aliphatic heterocycles. The number of unbranched alkanes of at least 4 members (excludes halogenated alkanes) is 48. The third-order valence-corrected chi connectivity index (χ3v) is 16.3. The number of hydrogen-bond acceptors (Lipinski definition) is 6. The molecular weight excluding hydrogens is 997 g/mol. The Balaban J connectivity index is 4.20. The minimum Gasteiger partial charge on any atom is -0.462 e. The van der Waals surface area contributed by atoms with Crippen LogP contribution < -0.4 is 0 Å². The van der Waals surface area contributed by atoms with Crippen LogP contribution >= 0.6 is 0 Å². The smallest absolute Gasteiger partial charge is 0.306 e. The first kappa shape index (κ1) is 78.4. The Morgan fingerprint density at radius 1 is 0.247 bits per heavy atom. The van der Waals surface area contributed by atoms with Crippen molar-refractivity contribution in [2.75, 3.05) is 13.2 Å². The van der Waals surface area contributed by atoms with E-state index in [1.165, 1.54) is 263 Å². The normalized spacial score (nSPS) is 12.3. The van der Waals surface area contributed by atoms with E-state index in [0.717, 1.165) is 89.9 Å². The van der Waals surface area contributed by atoms with Crippen LogP contribution in [0, 0.1) is 0 Å². The standard InChI is InChI=1S/C75H138O6/c1-4-7-10-13-16-19-22-25-28-30-32-33-34-35-36-37-38-39-40-41-42-44-45-47-50-53-56-59-62-65-68-74(77)80-71-72(70-79-73(76)67-64-61-58-55-52-49-27-24-21-18-15-12-9-6-3)81-75(78)69-66-63-60-57-54-51-48-46-43-31-29-26-23-20-17-14-11-8-5-2/h17,20,24,26-27,29,43,46,72H,4-16,18-19,21-23,25,28,30-42,44-45,47-71H2,1-3H3/b20-17-,27-24-,29-26-,46-43-. The molecule has 0 aromatic rings. The summed E-state index contributed by atoms with van der Waals surface area (Å²) in [5.74, 6) is -0.874. The molecule has 0 saturated heterocycles. The molecule has 0 N–H and O–H groups in total. The van der Waals surface area contributed by atoms with Crippen molar-refractivity contribution in [3.8, 4) is 0 Å². The molecule has 0 saturated carbocycles. The lowest BCUT2D eigenvalue weighted by molar-refractivity contribution is -0.167. The van der Waals surface area contributed by atoms with Crippen LogP contribution in [-0.2, 0) is 28.6 Å². The summed E-state index contributed by atoms with van der Waals surface area (Å²) in [6.45, 7) is 6.65. The number of carbonyl (C=O) groups excluding carboxylic acids is 3. The highest BCUT2D eigenvalue weighted by Gasteiger charge is 2.19. The summed E-state index contributed by atoms with van der Waals surface area (Å²) in [4.78, 5) is 38.4. The summed E-state index contributed by atoms with van der Waals surface area (Å²) < 4.78 is 17.0. The van der Waals surface area contributed by atoms with Crippen molar-refractivity contribution >= 4 is 17.9 Å². The van der Waals surface area contributed by atoms with Gasteiger partial charge < -0.3 is 14.2 Å². The minimum absolute atomic E-state index is 0.0774. The molecule has 0 heterocycles. The van der Waals surface area contributed by atoms with Crippen LogP contribution in [-0.4, -0.2) is 37.2 Å². The summed E-state index contributed by atoms with van der Waals surface area (Å²) in [6.07, 6.45) is 88.7. The lowest BCUT2D eigenvalue weighted by Crippen LogP contribution is -2.30. The highest BCUT2D eigenvalue weighted by Crippen LogP contribution is 2.19. The molecule has 0 aliphatic carbocycles. The minimum atomic E-state index is -0.783. The van der Waals surface area contributed by atoms with E-state index in [1.807, 2.05) is 0 Å². The average molecular weight is 1140 g/mol. The molecule has 0 rings (SSSR count). The largest absolute Gasteiger partial charge is 0.462 e. The molecule has 81 heavy (non-hydrogen) atoms. The molecule has 0 radical (unpaired) electrons. The second-order valence-corrected chi connectivity index (χ2v) is 24.5. The van der Waals surface area contributed by atoms with Crippen molar-refractivity contribution in [2.45, 2.75) is 399 Å². The van der Waals surface area contributed by atoms with Crippen LogP contribution in [0.15, 0.2) is 48.6 Å². The third kappa shape index (κ3) is 68.0. The van der Waals surface area contributed by atoms with E-state index in [4.69, 9.17) is 14.2 Å². The highest BCUT2D eigenvalue weighted by atomic mass is 16.6. The molecule has 474 valence electrons. The van der Waals surface area contributed by atoms with Crippen LogP contribution in [0.4, 0.5) is 0 Å². The van der Waals surface area contributed by atoms with Crippen molar-refractivity contribution in [2.24, 2.45) is 0 Å². The van der Waals surface area contributed by atoms with Crippen LogP contribution in [0.2, 0.25) is 0 Å². The summed E-state index contributed by atoms with van der Waals surface area (Å²) in [5, 5.41) is 0. The fourth-order valence-corrected chi connectivity index (χ4v) is 10.9. The predicted octanol–water partition coefficient (Wildman–Crippen LogP) is 24.9. The summed E-state index contributed by atoms with van der Waals surface area (Å²) in [7, 11) is 0. The number of ether oxygens (including phenoxy) is 3. The van der Waals surface area contributed by atoms with Gasteiger partial charge in [0.05, 0.1) is 0 Å². The lowest BCUT2D eigenvalue weighted by Gasteiger charge is -2.18. The SMILES string of the molecule is CCCCC/C=C\C/C=C\C/C=C\CCCCCCCCC(=O)OC(COC(=O)CCCCCCC/C=C\CCCCCCC)COC(=O)CCCCCCCCCCCCCCCCCCCCCCCCCCCCCCCC. The summed E-state index contributed by atoms with van der Waals surface area (Å²) in [5.41, 5.74) is 0. The van der Waals surface area contributed by atoms with Crippen molar-refractivity contribution in [1.29, 1.82) is 0 Å². The number of esters is 3. The van der Waals surface area contributed by atoms with Gasteiger partial charge in [-0.25, -0.2) is 0 Å². The van der Waals surface area contributed by atoms with Crippen LogP contribution in [0.5, 0.6) is 0 Å². The Morgan fingerprint density at radius 2 is 0.444 bits per heavy atom. The monoisotopic (exact) mass is 1140 g/mol. The molecular formula is C75H138O6. The maximum Gasteiger partial charge on any atom is 0.306 e. The Labute approximate surface area is 505 Å². The molecule has 0 spiro atoms. The number of hydrogen-bond donors (Lipinski definition) is 0. The van der Waals surface area contributed by atoms with Crippen LogP contribution in [0.3, 0.4) is 0 Å². The Kier molecular flexibility index (Phi) is 67.6. The Bertz CT molecular complexity index is 1400. The number of allylic oxidation sites excluding steroid dienone is 8. The molecule has 0 aromatic carbocycles. The zero-order chi connectivity index (χ0) is 58.5. The van der Waals surface area contributed by atoms with Gasteiger partial charge in [0.25, 0.3) is 0 Å². The Morgan fingerprint density at radius 3 is 0.728 bits per heavy atom. The van der Waals surface area contributed by atoms with E-state index in [1.54, 1.807) is 0 Å². The average Bonchev–Trinajstić information content (AvgIpc) is 3.47. The van der Waals surface area contributed by atoms with E-state index in [0.29, 0.717) is 19.3 Å². The second-order valence-electron chi connectivity index (χ2n) is 24.5. The van der Waals surface area contributed by atoms with Gasteiger partial charge in [0.15, 0.2) is 6.10 Å². The maximum absolute atomic E-state index is 12.9. The van der Waals surface area contributed by atoms with E-state index in [-0.39, 0.29) is 31.1 Å². The van der Waals surface area contributed by atoms with Gasteiger partial charge in [-0.3, -0.25) is 14.4 Å². The van der Waals surface area contributed by atoms with Crippen LogP contribution in [0.1, 0.15) is 393 Å².